The zero-order valence-corrected chi connectivity index (χ0v) is 9.44. The molecule has 1 aromatic heterocycles. The van der Waals surface area contributed by atoms with Crippen LogP contribution < -0.4 is 5.73 Å². The Hall–Kier alpha value is -0.460. The molecule has 0 aliphatic rings. The van der Waals surface area contributed by atoms with Gasteiger partial charge in [0.05, 0.1) is 12.1 Å². The van der Waals surface area contributed by atoms with E-state index in [-0.39, 0.29) is 0 Å². The Morgan fingerprint density at radius 3 is 3.00 bits per heavy atom. The van der Waals surface area contributed by atoms with Crippen molar-refractivity contribution in [2.75, 3.05) is 13.7 Å². The van der Waals surface area contributed by atoms with Gasteiger partial charge in [0, 0.05) is 6.42 Å². The molecule has 1 rings (SSSR count). The molecule has 0 saturated heterocycles. The molecule has 0 radical (unpaired) electrons. The molecule has 0 saturated carbocycles. The molecule has 6 heteroatoms. The highest BCUT2D eigenvalue weighted by Gasteiger charge is 2.16. The van der Waals surface area contributed by atoms with Crippen LogP contribution in [0.2, 0.25) is 0 Å². The second-order valence-corrected chi connectivity index (χ2v) is 4.66. The molecule has 1 aromatic rings. The zero-order valence-electron chi connectivity index (χ0n) is 7.04. The third-order valence-electron chi connectivity index (χ3n) is 1.37. The van der Waals surface area contributed by atoms with Gasteiger partial charge in [0.15, 0.2) is 5.69 Å². The van der Waals surface area contributed by atoms with Crippen LogP contribution in [-0.2, 0) is 11.2 Å². The molecule has 0 atom stereocenters. The molecule has 13 heavy (non-hydrogen) atoms. The SMILES string of the molecule is COC(=O)c1nc(CCN)sc1Br. The lowest BCUT2D eigenvalue weighted by Gasteiger charge is -1.92. The van der Waals surface area contributed by atoms with E-state index >= 15 is 0 Å². The topological polar surface area (TPSA) is 65.2 Å². The van der Waals surface area contributed by atoms with E-state index in [4.69, 9.17) is 5.73 Å². The number of methoxy groups -OCH3 is 1. The highest BCUT2D eigenvalue weighted by atomic mass is 79.9. The molecule has 0 spiro atoms. The fourth-order valence-corrected chi connectivity index (χ4v) is 2.40. The largest absolute Gasteiger partial charge is 0.464 e. The van der Waals surface area contributed by atoms with Gasteiger partial charge >= 0.3 is 5.97 Å². The van der Waals surface area contributed by atoms with E-state index in [0.29, 0.717) is 22.4 Å². The maximum Gasteiger partial charge on any atom is 0.358 e. The van der Waals surface area contributed by atoms with Gasteiger partial charge in [-0.2, -0.15) is 0 Å². The lowest BCUT2D eigenvalue weighted by molar-refractivity contribution is 0.0593. The van der Waals surface area contributed by atoms with Gasteiger partial charge in [-0.25, -0.2) is 9.78 Å². The Morgan fingerprint density at radius 1 is 1.77 bits per heavy atom. The Balaban J connectivity index is 2.89. The van der Waals surface area contributed by atoms with E-state index in [1.54, 1.807) is 0 Å². The summed E-state index contributed by atoms with van der Waals surface area (Å²) in [5.74, 6) is -0.425. The number of rotatable bonds is 3. The van der Waals surface area contributed by atoms with E-state index in [9.17, 15) is 4.79 Å². The van der Waals surface area contributed by atoms with E-state index in [1.807, 2.05) is 0 Å². The van der Waals surface area contributed by atoms with Gasteiger partial charge < -0.3 is 10.5 Å². The van der Waals surface area contributed by atoms with Gasteiger partial charge in [-0.3, -0.25) is 0 Å². The summed E-state index contributed by atoms with van der Waals surface area (Å²) in [5, 5.41) is 0.842. The fraction of sp³-hybridized carbons (Fsp3) is 0.429. The Bertz CT molecular complexity index is 313. The predicted octanol–water partition coefficient (Wildman–Crippen LogP) is 1.19. The number of hydrogen-bond donors (Lipinski definition) is 1. The van der Waals surface area contributed by atoms with Gasteiger partial charge in [-0.05, 0) is 22.5 Å². The molecule has 4 nitrogen and oxygen atoms in total. The third-order valence-corrected chi connectivity index (χ3v) is 3.13. The molecular formula is C7H9BrN2O2S. The van der Waals surface area contributed by atoms with Gasteiger partial charge in [0.25, 0.3) is 0 Å². The van der Waals surface area contributed by atoms with E-state index < -0.39 is 5.97 Å². The lowest BCUT2D eigenvalue weighted by Crippen LogP contribution is -2.05. The van der Waals surface area contributed by atoms with Crippen LogP contribution in [0.1, 0.15) is 15.5 Å². The van der Waals surface area contributed by atoms with Crippen molar-refractivity contribution in [3.63, 3.8) is 0 Å². The van der Waals surface area contributed by atoms with Gasteiger partial charge in [0.1, 0.15) is 3.79 Å². The first-order chi connectivity index (χ1) is 6.19. The van der Waals surface area contributed by atoms with E-state index in [0.717, 1.165) is 5.01 Å². The van der Waals surface area contributed by atoms with Crippen molar-refractivity contribution < 1.29 is 9.53 Å². The molecule has 2 N–H and O–H groups in total. The van der Waals surface area contributed by atoms with Crippen molar-refractivity contribution in [1.82, 2.24) is 4.98 Å². The molecule has 0 fully saturated rings. The standard InChI is InChI=1S/C7H9BrN2O2S/c1-12-7(11)5-6(8)13-4(10-5)2-3-9/h2-3,9H2,1H3. The average Bonchev–Trinajstić information content (AvgIpc) is 2.46. The van der Waals surface area contributed by atoms with Crippen LogP contribution in [0.5, 0.6) is 0 Å². The molecule has 1 heterocycles. The zero-order chi connectivity index (χ0) is 9.84. The summed E-state index contributed by atoms with van der Waals surface area (Å²) in [6.07, 6.45) is 0.681. The van der Waals surface area contributed by atoms with Crippen LogP contribution >= 0.6 is 27.3 Å². The minimum atomic E-state index is -0.425. The molecule has 0 aliphatic carbocycles. The van der Waals surface area contributed by atoms with Crippen LogP contribution in [0.15, 0.2) is 3.79 Å². The number of aromatic nitrogens is 1. The number of nitrogens with two attached hydrogens (primary N) is 1. The monoisotopic (exact) mass is 264 g/mol. The van der Waals surface area contributed by atoms with E-state index in [2.05, 4.69) is 25.7 Å². The maximum atomic E-state index is 11.1. The number of ether oxygens (including phenoxy) is 1. The van der Waals surface area contributed by atoms with Crippen LogP contribution in [0.4, 0.5) is 0 Å². The molecular weight excluding hydrogens is 256 g/mol. The van der Waals surface area contributed by atoms with Crippen molar-refractivity contribution in [2.45, 2.75) is 6.42 Å². The first kappa shape index (κ1) is 10.6. The summed E-state index contributed by atoms with van der Waals surface area (Å²) >= 11 is 4.65. The number of thiazole rings is 1. The number of nitrogens with zero attached hydrogens (tertiary/aromatic N) is 1. The van der Waals surface area contributed by atoms with Crippen molar-refractivity contribution in [3.05, 3.63) is 14.5 Å². The first-order valence-corrected chi connectivity index (χ1v) is 5.23. The van der Waals surface area contributed by atoms with Crippen LogP contribution in [-0.4, -0.2) is 24.6 Å². The van der Waals surface area contributed by atoms with Gasteiger partial charge in [-0.15, -0.1) is 11.3 Å². The molecule has 72 valence electrons. The van der Waals surface area contributed by atoms with Crippen molar-refractivity contribution in [1.29, 1.82) is 0 Å². The van der Waals surface area contributed by atoms with Gasteiger partial charge in [0.2, 0.25) is 0 Å². The maximum absolute atomic E-state index is 11.1. The Labute approximate surface area is 88.2 Å². The molecule has 0 bridgehead atoms. The minimum absolute atomic E-state index is 0.330. The summed E-state index contributed by atoms with van der Waals surface area (Å²) < 4.78 is 5.25. The van der Waals surface area contributed by atoms with Crippen LogP contribution in [0.25, 0.3) is 0 Å². The summed E-state index contributed by atoms with van der Waals surface area (Å²) in [7, 11) is 1.33. The smallest absolute Gasteiger partial charge is 0.358 e. The Morgan fingerprint density at radius 2 is 2.46 bits per heavy atom. The summed E-state index contributed by atoms with van der Waals surface area (Å²) in [6, 6.07) is 0. The van der Waals surface area contributed by atoms with E-state index in [1.165, 1.54) is 18.4 Å². The number of carbonyl (C=O) groups is 1. The normalized spacial score (nSPS) is 10.1. The number of carbonyl (C=O) groups excluding carboxylic acids is 1. The Kier molecular flexibility index (Phi) is 3.83. The van der Waals surface area contributed by atoms with Crippen molar-refractivity contribution in [3.8, 4) is 0 Å². The molecule has 0 unspecified atom stereocenters. The predicted molar refractivity (Wildman–Crippen MR) is 53.9 cm³/mol. The summed E-state index contributed by atoms with van der Waals surface area (Å²) in [6.45, 7) is 0.528. The highest BCUT2D eigenvalue weighted by Crippen LogP contribution is 2.25. The lowest BCUT2D eigenvalue weighted by atomic mass is 10.4. The summed E-state index contributed by atoms with van der Waals surface area (Å²) in [4.78, 5) is 15.2. The second-order valence-electron chi connectivity index (χ2n) is 2.26. The fourth-order valence-electron chi connectivity index (χ4n) is 0.796. The second kappa shape index (κ2) is 4.69. The number of hydrogen-bond acceptors (Lipinski definition) is 5. The number of halogens is 1. The molecule has 0 amide bonds. The van der Waals surface area contributed by atoms with Crippen molar-refractivity contribution in [2.24, 2.45) is 5.73 Å². The van der Waals surface area contributed by atoms with Gasteiger partial charge in [-0.1, -0.05) is 0 Å². The van der Waals surface area contributed by atoms with Crippen molar-refractivity contribution >= 4 is 33.2 Å². The average molecular weight is 265 g/mol. The van der Waals surface area contributed by atoms with Crippen LogP contribution in [0.3, 0.4) is 0 Å². The van der Waals surface area contributed by atoms with Crippen LogP contribution in [0, 0.1) is 0 Å². The molecule has 0 aromatic carbocycles. The summed E-state index contributed by atoms with van der Waals surface area (Å²) in [5.41, 5.74) is 5.69. The number of esters is 1. The highest BCUT2D eigenvalue weighted by molar-refractivity contribution is 9.11. The third kappa shape index (κ3) is 2.49. The minimum Gasteiger partial charge on any atom is -0.464 e. The molecule has 0 aliphatic heterocycles. The quantitative estimate of drug-likeness (QED) is 0.834. The first-order valence-electron chi connectivity index (χ1n) is 3.62.